The van der Waals surface area contributed by atoms with Gasteiger partial charge in [-0.25, -0.2) is 0 Å². The first kappa shape index (κ1) is 8.49. The van der Waals surface area contributed by atoms with Crippen LogP contribution in [0, 0.1) is 0 Å². The zero-order valence-electron chi connectivity index (χ0n) is 6.71. The molecule has 0 bridgehead atoms. The third-order valence-corrected chi connectivity index (χ3v) is 1.80. The van der Waals surface area contributed by atoms with E-state index in [-0.39, 0.29) is 5.91 Å². The number of aliphatic hydroxyl groups is 1. The van der Waals surface area contributed by atoms with Crippen LogP contribution in [-0.2, 0) is 4.79 Å². The van der Waals surface area contributed by atoms with E-state index in [4.69, 9.17) is 5.73 Å². The van der Waals surface area contributed by atoms with Gasteiger partial charge < -0.3 is 10.8 Å². The van der Waals surface area contributed by atoms with Crippen molar-refractivity contribution in [3.63, 3.8) is 0 Å². The fraction of sp³-hybridized carbons (Fsp3) is 0.857. The molecule has 0 aromatic carbocycles. The lowest BCUT2D eigenvalue weighted by molar-refractivity contribution is -0.121. The molecule has 1 amide bonds. The molecule has 0 spiro atoms. The minimum atomic E-state index is -0.544. The molecular formula is C7H14N2O2. The van der Waals surface area contributed by atoms with Gasteiger partial charge in [-0.3, -0.25) is 9.69 Å². The van der Waals surface area contributed by atoms with Crippen molar-refractivity contribution in [2.45, 2.75) is 18.9 Å². The molecule has 3 N–H and O–H groups in total. The number of carbonyl (C=O) groups is 1. The van der Waals surface area contributed by atoms with Crippen LogP contribution in [-0.4, -0.2) is 41.1 Å². The minimum Gasteiger partial charge on any atom is -0.388 e. The number of hydrogen-bond acceptors (Lipinski definition) is 3. The summed E-state index contributed by atoms with van der Waals surface area (Å²) in [4.78, 5) is 12.3. The average molecular weight is 158 g/mol. The van der Waals surface area contributed by atoms with Crippen LogP contribution in [0.25, 0.3) is 0 Å². The van der Waals surface area contributed by atoms with E-state index in [1.165, 1.54) is 0 Å². The Bertz CT molecular complexity index is 160. The number of primary amides is 1. The topological polar surface area (TPSA) is 66.6 Å². The Labute approximate surface area is 66.0 Å². The summed E-state index contributed by atoms with van der Waals surface area (Å²) in [7, 11) is 0. The second kappa shape index (κ2) is 2.79. The molecule has 1 fully saturated rings. The van der Waals surface area contributed by atoms with E-state index in [1.54, 1.807) is 6.92 Å². The summed E-state index contributed by atoms with van der Waals surface area (Å²) >= 11 is 0. The molecule has 64 valence electrons. The van der Waals surface area contributed by atoms with Crippen molar-refractivity contribution in [1.82, 2.24) is 4.90 Å². The molecule has 0 aliphatic carbocycles. The molecule has 0 aromatic heterocycles. The normalized spacial score (nSPS) is 22.7. The van der Waals surface area contributed by atoms with E-state index in [9.17, 15) is 9.90 Å². The molecule has 0 aromatic rings. The van der Waals surface area contributed by atoms with Crippen LogP contribution in [0.3, 0.4) is 0 Å². The number of carbonyl (C=O) groups excluding carboxylic acids is 1. The van der Waals surface area contributed by atoms with E-state index in [0.29, 0.717) is 26.1 Å². The molecule has 0 saturated carbocycles. The molecule has 0 radical (unpaired) electrons. The Morgan fingerprint density at radius 2 is 2.27 bits per heavy atom. The van der Waals surface area contributed by atoms with Gasteiger partial charge in [-0.05, 0) is 6.92 Å². The van der Waals surface area contributed by atoms with Crippen molar-refractivity contribution >= 4 is 5.91 Å². The Hall–Kier alpha value is -0.610. The Kier molecular flexibility index (Phi) is 2.15. The molecule has 0 atom stereocenters. The lowest BCUT2D eigenvalue weighted by Gasteiger charge is -2.44. The van der Waals surface area contributed by atoms with Crippen LogP contribution in [0.2, 0.25) is 0 Å². The molecular weight excluding hydrogens is 144 g/mol. The van der Waals surface area contributed by atoms with Crippen LogP contribution >= 0.6 is 0 Å². The molecule has 1 rings (SSSR count). The second-order valence-electron chi connectivity index (χ2n) is 3.42. The highest BCUT2D eigenvalue weighted by Crippen LogP contribution is 2.19. The summed E-state index contributed by atoms with van der Waals surface area (Å²) in [6, 6.07) is 0. The number of nitrogens with zero attached hydrogens (tertiary/aromatic N) is 1. The van der Waals surface area contributed by atoms with Gasteiger partial charge in [0, 0.05) is 26.1 Å². The first-order valence-electron chi connectivity index (χ1n) is 3.73. The third-order valence-electron chi connectivity index (χ3n) is 1.80. The van der Waals surface area contributed by atoms with Gasteiger partial charge in [-0.15, -0.1) is 0 Å². The highest BCUT2D eigenvalue weighted by Gasteiger charge is 2.35. The van der Waals surface area contributed by atoms with Crippen molar-refractivity contribution < 1.29 is 9.90 Å². The minimum absolute atomic E-state index is 0.281. The summed E-state index contributed by atoms with van der Waals surface area (Å²) in [5, 5.41) is 9.29. The maximum Gasteiger partial charge on any atom is 0.218 e. The second-order valence-corrected chi connectivity index (χ2v) is 3.42. The van der Waals surface area contributed by atoms with Crippen LogP contribution in [0.1, 0.15) is 13.3 Å². The standard InChI is InChI=1S/C7H14N2O2/c1-7(11)4-9(5-7)3-2-6(8)10/h11H,2-5H2,1H3,(H2,8,10). The largest absolute Gasteiger partial charge is 0.388 e. The SMILES string of the molecule is CC1(O)CN(CCC(N)=O)C1. The van der Waals surface area contributed by atoms with Gasteiger partial charge in [0.1, 0.15) is 0 Å². The van der Waals surface area contributed by atoms with Crippen LogP contribution in [0.5, 0.6) is 0 Å². The first-order valence-corrected chi connectivity index (χ1v) is 3.73. The van der Waals surface area contributed by atoms with Crippen molar-refractivity contribution in [1.29, 1.82) is 0 Å². The summed E-state index contributed by atoms with van der Waals surface area (Å²) in [5.74, 6) is -0.281. The molecule has 1 aliphatic rings. The maximum atomic E-state index is 10.3. The number of nitrogens with two attached hydrogens (primary N) is 1. The van der Waals surface area contributed by atoms with E-state index >= 15 is 0 Å². The zero-order valence-corrected chi connectivity index (χ0v) is 6.71. The lowest BCUT2D eigenvalue weighted by atomic mass is 9.97. The molecule has 1 saturated heterocycles. The van der Waals surface area contributed by atoms with E-state index in [0.717, 1.165) is 0 Å². The third kappa shape index (κ3) is 2.48. The van der Waals surface area contributed by atoms with Gasteiger partial charge >= 0.3 is 0 Å². The lowest BCUT2D eigenvalue weighted by Crippen LogP contribution is -2.60. The number of β-amino-alcohol motifs (C(OH)–C–C–N with tert-alkyl or cyclic N) is 1. The van der Waals surface area contributed by atoms with E-state index < -0.39 is 5.60 Å². The molecule has 1 aliphatic heterocycles. The van der Waals surface area contributed by atoms with E-state index in [1.807, 2.05) is 4.90 Å². The number of likely N-dealkylation sites (tertiary alicyclic amines) is 1. The highest BCUT2D eigenvalue weighted by atomic mass is 16.3. The Morgan fingerprint density at radius 3 is 2.64 bits per heavy atom. The monoisotopic (exact) mass is 158 g/mol. The van der Waals surface area contributed by atoms with Crippen molar-refractivity contribution in [3.8, 4) is 0 Å². The fourth-order valence-electron chi connectivity index (χ4n) is 1.34. The Morgan fingerprint density at radius 1 is 1.73 bits per heavy atom. The number of amides is 1. The average Bonchev–Trinajstić information content (AvgIpc) is 1.78. The molecule has 1 heterocycles. The van der Waals surface area contributed by atoms with Crippen molar-refractivity contribution in [2.75, 3.05) is 19.6 Å². The predicted molar refractivity (Wildman–Crippen MR) is 40.9 cm³/mol. The predicted octanol–water partition coefficient (Wildman–Crippen LogP) is -1.07. The van der Waals surface area contributed by atoms with Crippen molar-refractivity contribution in [2.24, 2.45) is 5.73 Å². The van der Waals surface area contributed by atoms with E-state index in [2.05, 4.69) is 0 Å². The fourth-order valence-corrected chi connectivity index (χ4v) is 1.34. The summed E-state index contributed by atoms with van der Waals surface area (Å²) in [5.41, 5.74) is 4.42. The van der Waals surface area contributed by atoms with Gasteiger partial charge in [0.05, 0.1) is 5.60 Å². The van der Waals surface area contributed by atoms with Crippen LogP contribution in [0.15, 0.2) is 0 Å². The summed E-state index contributed by atoms with van der Waals surface area (Å²) in [6.07, 6.45) is 0.385. The smallest absolute Gasteiger partial charge is 0.218 e. The highest BCUT2D eigenvalue weighted by molar-refractivity contribution is 5.73. The van der Waals surface area contributed by atoms with Crippen molar-refractivity contribution in [3.05, 3.63) is 0 Å². The quantitative estimate of drug-likeness (QED) is 0.549. The molecule has 0 unspecified atom stereocenters. The molecule has 11 heavy (non-hydrogen) atoms. The summed E-state index contributed by atoms with van der Waals surface area (Å²) < 4.78 is 0. The summed E-state index contributed by atoms with van der Waals surface area (Å²) in [6.45, 7) is 3.76. The Balaban J connectivity index is 2.09. The van der Waals surface area contributed by atoms with Gasteiger partial charge in [0.2, 0.25) is 5.91 Å². The number of hydrogen-bond donors (Lipinski definition) is 2. The van der Waals surface area contributed by atoms with Crippen LogP contribution in [0.4, 0.5) is 0 Å². The van der Waals surface area contributed by atoms with Gasteiger partial charge in [0.15, 0.2) is 0 Å². The van der Waals surface area contributed by atoms with Gasteiger partial charge in [0.25, 0.3) is 0 Å². The first-order chi connectivity index (χ1) is 4.99. The number of rotatable bonds is 3. The molecule has 4 heteroatoms. The van der Waals surface area contributed by atoms with Crippen LogP contribution < -0.4 is 5.73 Å². The molecule has 4 nitrogen and oxygen atoms in total. The zero-order chi connectivity index (χ0) is 8.48. The van der Waals surface area contributed by atoms with Gasteiger partial charge in [-0.1, -0.05) is 0 Å². The van der Waals surface area contributed by atoms with Gasteiger partial charge in [-0.2, -0.15) is 0 Å². The maximum absolute atomic E-state index is 10.3.